The lowest BCUT2D eigenvalue weighted by molar-refractivity contribution is 0.714. The van der Waals surface area contributed by atoms with Crippen molar-refractivity contribution in [1.82, 2.24) is 4.57 Å². The zero-order chi connectivity index (χ0) is 33.2. The molecule has 2 heteroatoms. The average molecular weight is 639 g/mol. The summed E-state index contributed by atoms with van der Waals surface area (Å²) in [6.45, 7) is 2.38. The van der Waals surface area contributed by atoms with E-state index in [-0.39, 0.29) is 5.41 Å². The quantitative estimate of drug-likeness (QED) is 0.182. The Bertz CT molecular complexity index is 2670. The molecule has 0 fully saturated rings. The van der Waals surface area contributed by atoms with Crippen LogP contribution in [0.4, 0.5) is 17.1 Å². The Morgan fingerprint density at radius 1 is 0.440 bits per heavy atom. The van der Waals surface area contributed by atoms with Crippen molar-refractivity contribution in [3.05, 3.63) is 205 Å². The fourth-order valence-electron chi connectivity index (χ4n) is 8.49. The van der Waals surface area contributed by atoms with Gasteiger partial charge < -0.3 is 9.47 Å². The van der Waals surface area contributed by atoms with Crippen LogP contribution >= 0.6 is 0 Å². The number of para-hydroxylation sites is 2. The molecule has 1 aliphatic carbocycles. The molecular weight excluding hydrogens is 605 g/mol. The second-order valence-electron chi connectivity index (χ2n) is 13.5. The molecule has 9 aromatic rings. The Kier molecular flexibility index (Phi) is 6.34. The van der Waals surface area contributed by atoms with Crippen molar-refractivity contribution in [3.63, 3.8) is 0 Å². The first-order chi connectivity index (χ1) is 24.7. The fourth-order valence-corrected chi connectivity index (χ4v) is 8.49. The van der Waals surface area contributed by atoms with E-state index < -0.39 is 0 Å². The maximum Gasteiger partial charge on any atom is 0.0542 e. The Labute approximate surface area is 292 Å². The Balaban J connectivity index is 1.18. The summed E-state index contributed by atoms with van der Waals surface area (Å²) < 4.78 is 2.38. The smallest absolute Gasteiger partial charge is 0.0542 e. The molecule has 236 valence electrons. The highest BCUT2D eigenvalue weighted by molar-refractivity contribution is 6.11. The summed E-state index contributed by atoms with van der Waals surface area (Å²) in [7, 11) is 0. The van der Waals surface area contributed by atoms with Gasteiger partial charge in [0.2, 0.25) is 0 Å². The van der Waals surface area contributed by atoms with E-state index in [0.717, 1.165) is 22.7 Å². The topological polar surface area (TPSA) is 8.17 Å². The van der Waals surface area contributed by atoms with Crippen molar-refractivity contribution in [2.24, 2.45) is 0 Å². The van der Waals surface area contributed by atoms with Crippen LogP contribution in [0.1, 0.15) is 23.6 Å². The van der Waals surface area contributed by atoms with E-state index in [1.807, 2.05) is 0 Å². The highest BCUT2D eigenvalue weighted by atomic mass is 15.1. The van der Waals surface area contributed by atoms with Gasteiger partial charge in [-0.05, 0) is 94.7 Å². The van der Waals surface area contributed by atoms with Gasteiger partial charge in [0.25, 0.3) is 0 Å². The van der Waals surface area contributed by atoms with E-state index in [9.17, 15) is 0 Å². The zero-order valence-corrected chi connectivity index (χ0v) is 27.8. The van der Waals surface area contributed by atoms with Gasteiger partial charge in [-0.1, -0.05) is 133 Å². The van der Waals surface area contributed by atoms with Gasteiger partial charge in [-0.25, -0.2) is 0 Å². The second-order valence-corrected chi connectivity index (χ2v) is 13.5. The summed E-state index contributed by atoms with van der Waals surface area (Å²) in [4.78, 5) is 2.43. The van der Waals surface area contributed by atoms with Crippen LogP contribution in [0.15, 0.2) is 188 Å². The molecule has 0 saturated carbocycles. The predicted molar refractivity (Wildman–Crippen MR) is 210 cm³/mol. The SMILES string of the molecule is CC1(c2ccc(N(c3ccc4c(c3)c3ccccc3n4-c3ccccc3)c3cccc4ccccc34)cc2)c2ccccc2-c2ccccc21. The molecule has 0 amide bonds. The molecule has 10 rings (SSSR count). The molecule has 8 aromatic carbocycles. The summed E-state index contributed by atoms with van der Waals surface area (Å²) in [6.07, 6.45) is 0. The van der Waals surface area contributed by atoms with Crippen LogP contribution in [0.2, 0.25) is 0 Å². The highest BCUT2D eigenvalue weighted by Gasteiger charge is 2.40. The van der Waals surface area contributed by atoms with Crippen LogP contribution in [0.3, 0.4) is 0 Å². The molecule has 0 bridgehead atoms. The van der Waals surface area contributed by atoms with Gasteiger partial charge >= 0.3 is 0 Å². The standard InChI is InChI=1S/C48H34N2/c1-48(43-22-10-7-19-39(43)40-20-8-11-23-44(40)48)34-26-28-36(29-27-34)49(45-25-13-15-33-14-5-6-18-38(33)45)37-30-31-47-42(32-37)41-21-9-12-24-46(41)50(47)35-16-3-2-4-17-35/h2-32H,1H3. The van der Waals surface area contributed by atoms with Crippen LogP contribution in [-0.4, -0.2) is 4.57 Å². The minimum Gasteiger partial charge on any atom is -0.310 e. The predicted octanol–water partition coefficient (Wildman–Crippen LogP) is 12.7. The molecular formula is C48H34N2. The lowest BCUT2D eigenvalue weighted by Gasteiger charge is -2.30. The first-order valence-electron chi connectivity index (χ1n) is 17.4. The Hall–Kier alpha value is -6.38. The fraction of sp³-hybridized carbons (Fsp3) is 0.0417. The minimum atomic E-state index is -0.242. The number of rotatable bonds is 5. The van der Waals surface area contributed by atoms with Gasteiger partial charge in [0.05, 0.1) is 16.7 Å². The van der Waals surface area contributed by atoms with E-state index in [1.54, 1.807) is 0 Å². The minimum absolute atomic E-state index is 0.242. The Morgan fingerprint density at radius 3 is 1.78 bits per heavy atom. The van der Waals surface area contributed by atoms with Crippen molar-refractivity contribution in [2.45, 2.75) is 12.3 Å². The normalized spacial score (nSPS) is 13.1. The van der Waals surface area contributed by atoms with Gasteiger partial charge in [0.15, 0.2) is 0 Å². The third-order valence-corrected chi connectivity index (χ3v) is 10.9. The van der Waals surface area contributed by atoms with E-state index in [0.29, 0.717) is 0 Å². The monoisotopic (exact) mass is 638 g/mol. The molecule has 1 aromatic heterocycles. The summed E-state index contributed by atoms with van der Waals surface area (Å²) in [5.41, 5.74) is 13.4. The molecule has 2 nitrogen and oxygen atoms in total. The molecule has 0 atom stereocenters. The molecule has 0 radical (unpaired) electrons. The second kappa shape index (κ2) is 11.1. The van der Waals surface area contributed by atoms with Crippen molar-refractivity contribution in [1.29, 1.82) is 0 Å². The number of hydrogen-bond acceptors (Lipinski definition) is 1. The lowest BCUT2D eigenvalue weighted by atomic mass is 9.74. The van der Waals surface area contributed by atoms with Crippen molar-refractivity contribution < 1.29 is 0 Å². The lowest BCUT2D eigenvalue weighted by Crippen LogP contribution is -2.22. The maximum absolute atomic E-state index is 2.43. The molecule has 1 aliphatic rings. The number of nitrogens with zero attached hydrogens (tertiary/aromatic N) is 2. The van der Waals surface area contributed by atoms with Crippen LogP contribution in [0.25, 0.3) is 49.4 Å². The summed E-state index contributed by atoms with van der Waals surface area (Å²) in [5.74, 6) is 0. The van der Waals surface area contributed by atoms with Crippen LogP contribution in [0, 0.1) is 0 Å². The molecule has 0 aliphatic heterocycles. The summed E-state index contributed by atoms with van der Waals surface area (Å²) in [5, 5.41) is 4.92. The molecule has 0 spiro atoms. The van der Waals surface area contributed by atoms with Crippen LogP contribution in [0.5, 0.6) is 0 Å². The van der Waals surface area contributed by atoms with Gasteiger partial charge in [0, 0.05) is 38.6 Å². The van der Waals surface area contributed by atoms with Gasteiger partial charge in [-0.2, -0.15) is 0 Å². The van der Waals surface area contributed by atoms with Crippen molar-refractivity contribution in [3.8, 4) is 16.8 Å². The maximum atomic E-state index is 2.43. The van der Waals surface area contributed by atoms with E-state index in [2.05, 4.69) is 204 Å². The molecule has 0 N–H and O–H groups in total. The van der Waals surface area contributed by atoms with Crippen molar-refractivity contribution in [2.75, 3.05) is 4.90 Å². The first-order valence-corrected chi connectivity index (χ1v) is 17.4. The molecule has 1 heterocycles. The zero-order valence-electron chi connectivity index (χ0n) is 27.8. The largest absolute Gasteiger partial charge is 0.310 e. The van der Waals surface area contributed by atoms with Crippen LogP contribution < -0.4 is 4.90 Å². The number of aromatic nitrogens is 1. The van der Waals surface area contributed by atoms with Gasteiger partial charge in [-0.3, -0.25) is 0 Å². The van der Waals surface area contributed by atoms with Crippen molar-refractivity contribution >= 4 is 49.6 Å². The Morgan fingerprint density at radius 2 is 1.02 bits per heavy atom. The molecule has 50 heavy (non-hydrogen) atoms. The first kappa shape index (κ1) is 28.6. The van der Waals surface area contributed by atoms with E-state index in [4.69, 9.17) is 0 Å². The molecule has 0 saturated heterocycles. The summed E-state index contributed by atoms with van der Waals surface area (Å²) >= 11 is 0. The average Bonchev–Trinajstić information content (AvgIpc) is 3.65. The van der Waals surface area contributed by atoms with E-state index in [1.165, 1.54) is 60.4 Å². The number of anilines is 3. The third-order valence-electron chi connectivity index (χ3n) is 10.9. The highest BCUT2D eigenvalue weighted by Crippen LogP contribution is 2.52. The van der Waals surface area contributed by atoms with E-state index >= 15 is 0 Å². The number of hydrogen-bond donors (Lipinski definition) is 0. The summed E-state index contributed by atoms with van der Waals surface area (Å²) in [6, 6.07) is 68.7. The van der Waals surface area contributed by atoms with Crippen LogP contribution in [-0.2, 0) is 5.41 Å². The molecule has 0 unspecified atom stereocenters. The number of fused-ring (bicyclic) bond motifs is 7. The van der Waals surface area contributed by atoms with Gasteiger partial charge in [0.1, 0.15) is 0 Å². The number of benzene rings is 8. The third kappa shape index (κ3) is 4.15. The van der Waals surface area contributed by atoms with Gasteiger partial charge in [-0.15, -0.1) is 0 Å².